The van der Waals surface area contributed by atoms with Gasteiger partial charge in [0.25, 0.3) is 0 Å². The van der Waals surface area contributed by atoms with Crippen LogP contribution in [0.15, 0.2) is 0 Å². The van der Waals surface area contributed by atoms with E-state index in [0.717, 1.165) is 96.3 Å². The highest BCUT2D eigenvalue weighted by Gasteiger charge is 2.30. The van der Waals surface area contributed by atoms with Gasteiger partial charge >= 0.3 is 39.5 Å². The minimum absolute atomic E-state index is 0.106. The van der Waals surface area contributed by atoms with Gasteiger partial charge in [-0.15, -0.1) is 0 Å². The molecule has 0 aromatic carbocycles. The van der Waals surface area contributed by atoms with Crippen molar-refractivity contribution in [3.8, 4) is 0 Å². The smallest absolute Gasteiger partial charge is 0.462 e. The molecule has 2 unspecified atom stereocenters. The highest BCUT2D eigenvalue weighted by atomic mass is 31.2. The summed E-state index contributed by atoms with van der Waals surface area (Å²) in [5, 5.41) is 10.5. The van der Waals surface area contributed by atoms with Gasteiger partial charge < -0.3 is 33.8 Å². The van der Waals surface area contributed by atoms with Crippen molar-refractivity contribution in [2.45, 2.75) is 341 Å². The van der Waals surface area contributed by atoms with Crippen LogP contribution in [0.4, 0.5) is 0 Å². The molecule has 3 N–H and O–H groups in total. The molecule has 0 aromatic rings. The second-order valence-corrected chi connectivity index (χ2v) is 25.7. The van der Waals surface area contributed by atoms with Crippen molar-refractivity contribution in [3.63, 3.8) is 0 Å². The number of hydrogen-bond donors (Lipinski definition) is 3. The Balaban J connectivity index is 5.20. The van der Waals surface area contributed by atoms with Crippen LogP contribution in [-0.4, -0.2) is 96.7 Å². The van der Waals surface area contributed by atoms with E-state index in [1.54, 1.807) is 0 Å². The largest absolute Gasteiger partial charge is 0.472 e. The first-order valence-corrected chi connectivity index (χ1v) is 36.3. The third-order valence-corrected chi connectivity index (χ3v) is 16.5. The molecule has 0 aliphatic rings. The number of phosphoric ester groups is 2. The number of rotatable bonds is 64. The number of hydrogen-bond acceptors (Lipinski definition) is 15. The molecule has 0 spiro atoms. The highest BCUT2D eigenvalue weighted by molar-refractivity contribution is 7.47. The van der Waals surface area contributed by atoms with Gasteiger partial charge in [-0.05, 0) is 25.7 Å². The lowest BCUT2D eigenvalue weighted by atomic mass is 10.0. The monoisotopic (exact) mass is 1210 g/mol. The second kappa shape index (κ2) is 58.1. The molecule has 0 aliphatic heterocycles. The Kier molecular flexibility index (Phi) is 56.7. The van der Waals surface area contributed by atoms with Crippen molar-refractivity contribution < 1.29 is 80.2 Å². The predicted octanol–water partition coefficient (Wildman–Crippen LogP) is 17.5. The van der Waals surface area contributed by atoms with Gasteiger partial charge in [-0.3, -0.25) is 37.3 Å². The van der Waals surface area contributed by atoms with Crippen LogP contribution in [0.2, 0.25) is 0 Å². The van der Waals surface area contributed by atoms with E-state index in [1.807, 2.05) is 0 Å². The van der Waals surface area contributed by atoms with Crippen LogP contribution in [-0.2, 0) is 65.4 Å². The number of esters is 4. The molecule has 486 valence electrons. The minimum Gasteiger partial charge on any atom is -0.462 e. The van der Waals surface area contributed by atoms with Crippen LogP contribution in [0.3, 0.4) is 0 Å². The molecular formula is C63H122O17P2. The van der Waals surface area contributed by atoms with E-state index >= 15 is 0 Å². The Morgan fingerprint density at radius 2 is 0.488 bits per heavy atom. The summed E-state index contributed by atoms with van der Waals surface area (Å²) < 4.78 is 67.9. The van der Waals surface area contributed by atoms with E-state index in [4.69, 9.17) is 37.0 Å². The van der Waals surface area contributed by atoms with E-state index in [2.05, 4.69) is 27.7 Å². The van der Waals surface area contributed by atoms with Crippen molar-refractivity contribution >= 4 is 39.5 Å². The van der Waals surface area contributed by atoms with E-state index < -0.39 is 97.5 Å². The molecule has 0 aromatic heterocycles. The summed E-state index contributed by atoms with van der Waals surface area (Å²) in [6, 6.07) is 0. The zero-order valence-electron chi connectivity index (χ0n) is 52.5. The van der Waals surface area contributed by atoms with Crippen LogP contribution in [0.5, 0.6) is 0 Å². The maximum atomic E-state index is 13.0. The number of carbonyl (C=O) groups excluding carboxylic acids is 4. The molecular weight excluding hydrogens is 1090 g/mol. The summed E-state index contributed by atoms with van der Waals surface area (Å²) in [6.45, 7) is 4.84. The van der Waals surface area contributed by atoms with Gasteiger partial charge in [0.05, 0.1) is 26.4 Å². The van der Waals surface area contributed by atoms with Crippen molar-refractivity contribution in [2.24, 2.45) is 0 Å². The quantitative estimate of drug-likeness (QED) is 0.0222. The van der Waals surface area contributed by atoms with Crippen LogP contribution in [0.1, 0.15) is 323 Å². The molecule has 0 amide bonds. The molecule has 0 saturated carbocycles. The van der Waals surface area contributed by atoms with Crippen LogP contribution in [0, 0.1) is 0 Å². The fourth-order valence-corrected chi connectivity index (χ4v) is 11.0. The molecule has 0 heterocycles. The van der Waals surface area contributed by atoms with Crippen LogP contribution in [0.25, 0.3) is 0 Å². The van der Waals surface area contributed by atoms with E-state index in [-0.39, 0.29) is 25.7 Å². The molecule has 82 heavy (non-hydrogen) atoms. The molecule has 19 heteroatoms. The van der Waals surface area contributed by atoms with Crippen LogP contribution >= 0.6 is 15.6 Å². The number of aliphatic hydroxyl groups excluding tert-OH is 1. The number of ether oxygens (including phenoxy) is 4. The van der Waals surface area contributed by atoms with Crippen LogP contribution < -0.4 is 0 Å². The normalized spacial score (nSPS) is 14.2. The van der Waals surface area contributed by atoms with Crippen molar-refractivity contribution in [1.29, 1.82) is 0 Å². The van der Waals surface area contributed by atoms with Crippen molar-refractivity contribution in [2.75, 3.05) is 39.6 Å². The molecule has 0 bridgehead atoms. The number of unbranched alkanes of at least 4 members (excludes halogenated alkanes) is 38. The number of aliphatic hydroxyl groups is 1. The molecule has 0 fully saturated rings. The molecule has 17 nitrogen and oxygen atoms in total. The summed E-state index contributed by atoms with van der Waals surface area (Å²) >= 11 is 0. The van der Waals surface area contributed by atoms with Crippen molar-refractivity contribution in [3.05, 3.63) is 0 Å². The summed E-state index contributed by atoms with van der Waals surface area (Å²) in [6.07, 6.45) is 43.0. The van der Waals surface area contributed by atoms with Gasteiger partial charge in [0.15, 0.2) is 12.2 Å². The molecule has 0 radical (unpaired) electrons. The molecule has 0 saturated heterocycles. The molecule has 0 rings (SSSR count). The SMILES string of the molecule is CCCCCCCCCCCCCCCCCC(=O)O[C@H](COC(=O)CCCCCCCCCCCC)COP(=O)(O)OC[C@@H](O)COP(=O)(O)OC[C@@H](COC(=O)CCCCCCCCCC)OC(=O)CCCCCCCCCCC. The fourth-order valence-electron chi connectivity index (χ4n) is 9.46. The van der Waals surface area contributed by atoms with Crippen molar-refractivity contribution in [1.82, 2.24) is 0 Å². The summed E-state index contributed by atoms with van der Waals surface area (Å²) in [4.78, 5) is 72.0. The highest BCUT2D eigenvalue weighted by Crippen LogP contribution is 2.45. The van der Waals surface area contributed by atoms with Gasteiger partial charge in [-0.2, -0.15) is 0 Å². The zero-order chi connectivity index (χ0) is 60.5. The average Bonchev–Trinajstić information content (AvgIpc) is 3.45. The lowest BCUT2D eigenvalue weighted by Crippen LogP contribution is -2.30. The lowest BCUT2D eigenvalue weighted by molar-refractivity contribution is -0.161. The van der Waals surface area contributed by atoms with E-state index in [0.29, 0.717) is 25.7 Å². The topological polar surface area (TPSA) is 237 Å². The van der Waals surface area contributed by atoms with Gasteiger partial charge in [-0.25, -0.2) is 9.13 Å². The first-order chi connectivity index (χ1) is 39.7. The molecule has 0 aliphatic carbocycles. The summed E-state index contributed by atoms with van der Waals surface area (Å²) in [5.74, 6) is -2.14. The standard InChI is InChI=1S/C63H122O17P2/c1-5-9-13-17-21-25-27-28-29-30-31-34-38-42-46-50-63(68)80-59(54-74-61(66)48-44-40-36-33-26-22-18-14-10-6-2)56-78-82(71,72)76-52-57(64)51-75-81(69,70)77-55-58(53-73-60(65)47-43-39-35-24-20-16-12-8-4)79-62(67)49-45-41-37-32-23-19-15-11-7-3/h57-59,64H,5-56H2,1-4H3,(H,69,70)(H,71,72)/t57-,58+,59+/m0/s1. The zero-order valence-corrected chi connectivity index (χ0v) is 54.2. The number of carbonyl (C=O) groups is 4. The van der Waals surface area contributed by atoms with Gasteiger partial charge in [0.1, 0.15) is 19.3 Å². The predicted molar refractivity (Wildman–Crippen MR) is 326 cm³/mol. The first kappa shape index (κ1) is 80.1. The lowest BCUT2D eigenvalue weighted by Gasteiger charge is -2.21. The Labute approximate surface area is 498 Å². The van der Waals surface area contributed by atoms with Gasteiger partial charge in [0, 0.05) is 25.7 Å². The first-order valence-electron chi connectivity index (χ1n) is 33.3. The second-order valence-electron chi connectivity index (χ2n) is 22.8. The third-order valence-electron chi connectivity index (χ3n) is 14.6. The van der Waals surface area contributed by atoms with E-state index in [1.165, 1.54) is 148 Å². The summed E-state index contributed by atoms with van der Waals surface area (Å²) in [7, 11) is -9.88. The number of phosphoric acid groups is 2. The third kappa shape index (κ3) is 57.2. The van der Waals surface area contributed by atoms with Gasteiger partial charge in [0.2, 0.25) is 0 Å². The Bertz CT molecular complexity index is 1590. The van der Waals surface area contributed by atoms with Gasteiger partial charge in [-0.1, -0.05) is 272 Å². The minimum atomic E-state index is -4.94. The Morgan fingerprint density at radius 3 is 0.720 bits per heavy atom. The Hall–Kier alpha value is -1.94. The van der Waals surface area contributed by atoms with E-state index in [9.17, 15) is 43.2 Å². The Morgan fingerprint density at radius 1 is 0.293 bits per heavy atom. The maximum absolute atomic E-state index is 13.0. The maximum Gasteiger partial charge on any atom is 0.472 e. The molecule has 5 atom stereocenters. The fraction of sp³-hybridized carbons (Fsp3) is 0.937. The summed E-state index contributed by atoms with van der Waals surface area (Å²) in [5.41, 5.74) is 0. The average molecular weight is 1210 g/mol.